The number of hydrogen-bond acceptors (Lipinski definition) is 0. The predicted molar refractivity (Wildman–Crippen MR) is 260 cm³/mol. The molecule has 0 heterocycles. The number of hydrogen-bond donors (Lipinski definition) is 0. The van der Waals surface area contributed by atoms with E-state index in [9.17, 15) is 0 Å². The van der Waals surface area contributed by atoms with Gasteiger partial charge in [0.05, 0.1) is 0 Å². The van der Waals surface area contributed by atoms with Crippen LogP contribution in [0.5, 0.6) is 0 Å². The maximum Gasteiger partial charge on any atom is 0.121 e. The van der Waals surface area contributed by atoms with Crippen LogP contribution in [0.25, 0.3) is 49.9 Å². The van der Waals surface area contributed by atoms with E-state index in [1.165, 1.54) is 93.1 Å². The second-order valence-electron chi connectivity index (χ2n) is 18.8. The normalized spacial score (nSPS) is 14.1. The van der Waals surface area contributed by atoms with E-state index < -0.39 is 0 Å². The molecule has 0 aromatic heterocycles. The van der Waals surface area contributed by atoms with Gasteiger partial charge in [0.15, 0.2) is 0 Å². The minimum atomic E-state index is -0.0258. The summed E-state index contributed by atoms with van der Waals surface area (Å²) >= 11 is 0. The molecular weight excluding hydrogens is 828 g/mol. The second-order valence-corrected chi connectivity index (χ2v) is 20.2. The standard InChI is InChI=1S/C47H45.C12H10Si.Zr/c1-8-14-30-27-41-37(40-26-29-15-9-10-16-33(29)35-17-11-12-18-36(35)40)19-13-20-39(41)44(30)45-42-28-31-25-32(46(2,3)4)21-22-34(31)38(42)23-24-43(45)47(5,6)7;1-3-7-11(8-4-1)13-12-9-5-2-6-10-12;/h9-13,15-23,25-27,44H,8,14,28H2,1-7H3;1-10H;/q-1;;. The molecule has 2 heteroatoms. The van der Waals surface area contributed by atoms with Crippen molar-refractivity contribution in [2.24, 2.45) is 0 Å². The summed E-state index contributed by atoms with van der Waals surface area (Å²) < 4.78 is 0. The summed E-state index contributed by atoms with van der Waals surface area (Å²) in [5, 5.41) is 8.05. The van der Waals surface area contributed by atoms with Crippen LogP contribution in [-0.2, 0) is 43.5 Å². The quantitative estimate of drug-likeness (QED) is 0.0887. The summed E-state index contributed by atoms with van der Waals surface area (Å²) in [6, 6.07) is 61.8. The van der Waals surface area contributed by atoms with Crippen molar-refractivity contribution in [3.8, 4) is 22.3 Å². The molecule has 0 aliphatic heterocycles. The second kappa shape index (κ2) is 17.5. The molecule has 0 amide bonds. The van der Waals surface area contributed by atoms with Crippen molar-refractivity contribution in [1.29, 1.82) is 0 Å². The van der Waals surface area contributed by atoms with E-state index in [1.54, 1.807) is 5.57 Å². The molecule has 8 aromatic carbocycles. The zero-order valence-electron chi connectivity index (χ0n) is 36.8. The van der Waals surface area contributed by atoms with Gasteiger partial charge in [-0.05, 0) is 90.6 Å². The van der Waals surface area contributed by atoms with Gasteiger partial charge in [-0.15, -0.1) is 16.7 Å². The fourth-order valence-electron chi connectivity index (χ4n) is 9.67. The van der Waals surface area contributed by atoms with Gasteiger partial charge in [-0.1, -0.05) is 228 Å². The Labute approximate surface area is 386 Å². The van der Waals surface area contributed by atoms with Gasteiger partial charge in [0.25, 0.3) is 0 Å². The molecule has 2 aliphatic rings. The third kappa shape index (κ3) is 8.39. The Balaban J connectivity index is 0.000000313. The summed E-state index contributed by atoms with van der Waals surface area (Å²) in [6.07, 6.45) is 5.77. The Morgan fingerprint density at radius 2 is 1.23 bits per heavy atom. The predicted octanol–water partition coefficient (Wildman–Crippen LogP) is 14.3. The molecule has 0 nitrogen and oxygen atoms in total. The van der Waals surface area contributed by atoms with Crippen LogP contribution in [0, 0.1) is 6.07 Å². The van der Waals surface area contributed by atoms with Gasteiger partial charge in [0.1, 0.15) is 9.52 Å². The Morgan fingerprint density at radius 3 is 1.89 bits per heavy atom. The van der Waals surface area contributed by atoms with E-state index in [4.69, 9.17) is 0 Å². The first kappa shape index (κ1) is 42.8. The van der Waals surface area contributed by atoms with Crippen molar-refractivity contribution in [1.82, 2.24) is 0 Å². The Morgan fingerprint density at radius 1 is 0.590 bits per heavy atom. The van der Waals surface area contributed by atoms with Crippen LogP contribution in [0.1, 0.15) is 106 Å². The van der Waals surface area contributed by atoms with E-state index in [1.807, 2.05) is 0 Å². The number of fused-ring (bicyclic) bond motifs is 7. The fourth-order valence-corrected chi connectivity index (χ4v) is 10.7. The van der Waals surface area contributed by atoms with Gasteiger partial charge in [-0.3, -0.25) is 0 Å². The van der Waals surface area contributed by atoms with Crippen LogP contribution in [0.15, 0.2) is 163 Å². The average Bonchev–Trinajstić information content (AvgIpc) is 3.81. The van der Waals surface area contributed by atoms with Crippen LogP contribution in [0.4, 0.5) is 0 Å². The third-order valence-corrected chi connectivity index (χ3v) is 13.8. The monoisotopic (exact) mass is 881 g/mol. The van der Waals surface area contributed by atoms with Crippen molar-refractivity contribution in [3.63, 3.8) is 0 Å². The first-order chi connectivity index (χ1) is 29.0. The molecule has 8 aromatic rings. The first-order valence-electron chi connectivity index (χ1n) is 21.8. The molecule has 61 heavy (non-hydrogen) atoms. The fraction of sp³-hybridized carbons (Fsp3) is 0.220. The molecule has 10 rings (SSSR count). The van der Waals surface area contributed by atoms with Crippen molar-refractivity contribution in [3.05, 3.63) is 208 Å². The smallest absolute Gasteiger partial charge is 0.121 e. The summed E-state index contributed by atoms with van der Waals surface area (Å²) in [5.41, 5.74) is 17.2. The van der Waals surface area contributed by atoms with Gasteiger partial charge in [-0.2, -0.15) is 17.7 Å². The summed E-state index contributed by atoms with van der Waals surface area (Å²) in [5.74, 6) is 0.230. The molecular formula is C59H55SiZr-. The molecule has 0 bridgehead atoms. The number of rotatable bonds is 6. The van der Waals surface area contributed by atoms with Gasteiger partial charge < -0.3 is 0 Å². The zero-order valence-corrected chi connectivity index (χ0v) is 40.2. The molecule has 0 saturated heterocycles. The molecule has 0 fully saturated rings. The van der Waals surface area contributed by atoms with E-state index in [0.29, 0.717) is 0 Å². The van der Waals surface area contributed by atoms with Gasteiger partial charge in [0, 0.05) is 26.2 Å². The molecule has 1 unspecified atom stereocenters. The Bertz CT molecular complexity index is 2850. The molecule has 2 aliphatic carbocycles. The molecule has 300 valence electrons. The van der Waals surface area contributed by atoms with E-state index in [2.05, 4.69) is 218 Å². The van der Waals surface area contributed by atoms with E-state index >= 15 is 0 Å². The Hall–Kier alpha value is -4.88. The largest absolute Gasteiger partial charge is 0.179 e. The molecule has 1 atom stereocenters. The number of allylic oxidation sites excluding steroid dienone is 1. The maximum atomic E-state index is 3.90. The van der Waals surface area contributed by atoms with Gasteiger partial charge >= 0.3 is 0 Å². The summed E-state index contributed by atoms with van der Waals surface area (Å²) in [6.45, 7) is 16.4. The van der Waals surface area contributed by atoms with Crippen LogP contribution >= 0.6 is 0 Å². The van der Waals surface area contributed by atoms with Crippen LogP contribution < -0.4 is 10.4 Å². The van der Waals surface area contributed by atoms with Gasteiger partial charge in [-0.25, -0.2) is 0 Å². The van der Waals surface area contributed by atoms with Crippen LogP contribution in [0.3, 0.4) is 0 Å². The van der Waals surface area contributed by atoms with Crippen LogP contribution in [0.2, 0.25) is 0 Å². The summed E-state index contributed by atoms with van der Waals surface area (Å²) in [7, 11) is 0.777. The van der Waals surface area contributed by atoms with E-state index in [0.717, 1.165) is 28.8 Å². The molecule has 0 N–H and O–H groups in total. The number of benzene rings is 8. The molecule has 0 spiro atoms. The van der Waals surface area contributed by atoms with Crippen molar-refractivity contribution >= 4 is 47.5 Å². The maximum absolute atomic E-state index is 3.90. The minimum absolute atomic E-state index is 0. The summed E-state index contributed by atoms with van der Waals surface area (Å²) in [4.78, 5) is 0. The van der Waals surface area contributed by atoms with Gasteiger partial charge in [0.2, 0.25) is 0 Å². The third-order valence-electron chi connectivity index (χ3n) is 12.5. The topological polar surface area (TPSA) is 0 Å². The minimum Gasteiger partial charge on any atom is -0.179 e. The Kier molecular flexibility index (Phi) is 12.3. The van der Waals surface area contributed by atoms with Crippen molar-refractivity contribution < 1.29 is 26.2 Å². The SMILES string of the molecule is CCCC1=Cc2c(-c3cc4ccccc4c4ccccc34)cccc2C1c1c(C(C)(C)C)[c-]cc2c1Cc1cc(C(C)(C)C)ccc1-2.[Zr].c1ccc([Si]c2ccccc2)cc1. The zero-order chi connectivity index (χ0) is 41.6. The average molecular weight is 883 g/mol. The van der Waals surface area contributed by atoms with Crippen molar-refractivity contribution in [2.45, 2.75) is 84.5 Å². The van der Waals surface area contributed by atoms with Crippen molar-refractivity contribution in [2.75, 3.05) is 0 Å². The van der Waals surface area contributed by atoms with E-state index in [-0.39, 0.29) is 43.0 Å². The first-order valence-corrected chi connectivity index (χ1v) is 22.8. The molecule has 0 saturated carbocycles. The van der Waals surface area contributed by atoms with Crippen LogP contribution in [-0.4, -0.2) is 9.52 Å². The molecule has 2 radical (unpaired) electrons.